The van der Waals surface area contributed by atoms with Crippen molar-refractivity contribution < 1.29 is 19.5 Å². The van der Waals surface area contributed by atoms with Crippen LogP contribution in [0.25, 0.3) is 0 Å². The SMILES string of the molecule is CC(C)CN(CCC(=O)O)C(=O)c1cccc(NC(=O)C2CCCCC2)c1. The number of carbonyl (C=O) groups excluding carboxylic acids is 2. The number of nitrogens with zero attached hydrogens (tertiary/aromatic N) is 1. The van der Waals surface area contributed by atoms with E-state index in [0.29, 0.717) is 17.8 Å². The molecule has 1 aliphatic rings. The lowest BCUT2D eigenvalue weighted by Crippen LogP contribution is -2.36. The number of amides is 2. The van der Waals surface area contributed by atoms with Crippen LogP contribution in [0.15, 0.2) is 24.3 Å². The molecular weight excluding hydrogens is 344 g/mol. The number of carboxylic acids is 1. The molecule has 2 rings (SSSR count). The molecule has 0 heterocycles. The van der Waals surface area contributed by atoms with Crippen molar-refractivity contribution in [1.29, 1.82) is 0 Å². The summed E-state index contributed by atoms with van der Waals surface area (Å²) >= 11 is 0. The van der Waals surface area contributed by atoms with Gasteiger partial charge < -0.3 is 15.3 Å². The van der Waals surface area contributed by atoms with Crippen LogP contribution in [-0.2, 0) is 9.59 Å². The highest BCUT2D eigenvalue weighted by atomic mass is 16.4. The molecule has 2 amide bonds. The lowest BCUT2D eigenvalue weighted by Gasteiger charge is -2.24. The van der Waals surface area contributed by atoms with Gasteiger partial charge in [-0.15, -0.1) is 0 Å². The monoisotopic (exact) mass is 374 g/mol. The second-order valence-electron chi connectivity index (χ2n) is 7.69. The maximum Gasteiger partial charge on any atom is 0.305 e. The van der Waals surface area contributed by atoms with E-state index in [1.165, 1.54) is 6.42 Å². The third-order valence-electron chi connectivity index (χ3n) is 4.82. The molecule has 0 aliphatic heterocycles. The van der Waals surface area contributed by atoms with Gasteiger partial charge in [-0.05, 0) is 37.0 Å². The van der Waals surface area contributed by atoms with Gasteiger partial charge in [0.15, 0.2) is 0 Å². The van der Waals surface area contributed by atoms with E-state index in [0.717, 1.165) is 25.7 Å². The highest BCUT2D eigenvalue weighted by molar-refractivity contribution is 5.97. The molecule has 0 bridgehead atoms. The molecule has 0 saturated heterocycles. The predicted octanol–water partition coefficient (Wildman–Crippen LogP) is 3.78. The van der Waals surface area contributed by atoms with Crippen LogP contribution in [-0.4, -0.2) is 40.9 Å². The predicted molar refractivity (Wildman–Crippen MR) is 105 cm³/mol. The summed E-state index contributed by atoms with van der Waals surface area (Å²) in [4.78, 5) is 37.7. The Morgan fingerprint density at radius 3 is 2.52 bits per heavy atom. The summed E-state index contributed by atoms with van der Waals surface area (Å²) in [7, 11) is 0. The van der Waals surface area contributed by atoms with Gasteiger partial charge in [-0.3, -0.25) is 14.4 Å². The fourth-order valence-corrected chi connectivity index (χ4v) is 3.47. The van der Waals surface area contributed by atoms with Crippen LogP contribution in [0.5, 0.6) is 0 Å². The molecule has 0 unspecified atom stereocenters. The normalized spacial score (nSPS) is 14.8. The average Bonchev–Trinajstić information content (AvgIpc) is 2.65. The Morgan fingerprint density at radius 2 is 1.89 bits per heavy atom. The molecule has 1 saturated carbocycles. The van der Waals surface area contributed by atoms with Gasteiger partial charge in [0.25, 0.3) is 5.91 Å². The minimum Gasteiger partial charge on any atom is -0.481 e. The van der Waals surface area contributed by atoms with Crippen molar-refractivity contribution in [1.82, 2.24) is 4.90 Å². The topological polar surface area (TPSA) is 86.7 Å². The summed E-state index contributed by atoms with van der Waals surface area (Å²) in [5.74, 6) is -0.837. The molecule has 1 aliphatic carbocycles. The van der Waals surface area contributed by atoms with E-state index in [1.807, 2.05) is 13.8 Å². The van der Waals surface area contributed by atoms with Crippen LogP contribution in [0, 0.1) is 11.8 Å². The van der Waals surface area contributed by atoms with Crippen molar-refractivity contribution in [3.63, 3.8) is 0 Å². The van der Waals surface area contributed by atoms with Crippen LogP contribution in [0.3, 0.4) is 0 Å². The first-order valence-electron chi connectivity index (χ1n) is 9.79. The molecule has 0 aromatic heterocycles. The zero-order chi connectivity index (χ0) is 19.8. The zero-order valence-electron chi connectivity index (χ0n) is 16.2. The summed E-state index contributed by atoms with van der Waals surface area (Å²) in [5.41, 5.74) is 1.07. The highest BCUT2D eigenvalue weighted by Gasteiger charge is 2.22. The summed E-state index contributed by atoms with van der Waals surface area (Å²) in [6.07, 6.45) is 5.12. The van der Waals surface area contributed by atoms with E-state index in [2.05, 4.69) is 5.32 Å². The number of nitrogens with one attached hydrogen (secondary N) is 1. The fraction of sp³-hybridized carbons (Fsp3) is 0.571. The quantitative estimate of drug-likeness (QED) is 0.725. The van der Waals surface area contributed by atoms with Gasteiger partial charge >= 0.3 is 5.97 Å². The van der Waals surface area contributed by atoms with Crippen LogP contribution in [0.4, 0.5) is 5.69 Å². The third kappa shape index (κ3) is 6.70. The number of anilines is 1. The zero-order valence-corrected chi connectivity index (χ0v) is 16.2. The van der Waals surface area contributed by atoms with Crippen LogP contribution >= 0.6 is 0 Å². The first-order valence-corrected chi connectivity index (χ1v) is 9.79. The number of benzene rings is 1. The Hall–Kier alpha value is -2.37. The number of hydrogen-bond acceptors (Lipinski definition) is 3. The first kappa shape index (κ1) is 20.9. The van der Waals surface area contributed by atoms with Crippen molar-refractivity contribution in [2.24, 2.45) is 11.8 Å². The molecule has 1 aromatic rings. The minimum atomic E-state index is -0.926. The Balaban J connectivity index is 2.07. The minimum absolute atomic E-state index is 0.0178. The number of rotatable bonds is 8. The van der Waals surface area contributed by atoms with Gasteiger partial charge in [-0.2, -0.15) is 0 Å². The third-order valence-corrected chi connectivity index (χ3v) is 4.82. The number of hydrogen-bond donors (Lipinski definition) is 2. The molecule has 0 radical (unpaired) electrons. The summed E-state index contributed by atoms with van der Waals surface area (Å²) < 4.78 is 0. The van der Waals surface area contributed by atoms with Crippen molar-refractivity contribution in [3.8, 4) is 0 Å². The van der Waals surface area contributed by atoms with E-state index in [1.54, 1.807) is 29.2 Å². The lowest BCUT2D eigenvalue weighted by molar-refractivity contribution is -0.137. The maximum atomic E-state index is 12.9. The van der Waals surface area contributed by atoms with E-state index < -0.39 is 5.97 Å². The van der Waals surface area contributed by atoms with Gasteiger partial charge in [0.1, 0.15) is 0 Å². The highest BCUT2D eigenvalue weighted by Crippen LogP contribution is 2.25. The van der Waals surface area contributed by atoms with Crippen molar-refractivity contribution >= 4 is 23.5 Å². The average molecular weight is 374 g/mol. The molecule has 27 heavy (non-hydrogen) atoms. The first-order chi connectivity index (χ1) is 12.9. The molecule has 1 fully saturated rings. The van der Waals surface area contributed by atoms with Crippen LogP contribution in [0.2, 0.25) is 0 Å². The summed E-state index contributed by atoms with van der Waals surface area (Å²) in [5, 5.41) is 11.9. The Kier molecular flexibility index (Phi) is 7.82. The fourth-order valence-electron chi connectivity index (χ4n) is 3.47. The van der Waals surface area contributed by atoms with Crippen molar-refractivity contribution in [2.75, 3.05) is 18.4 Å². The van der Waals surface area contributed by atoms with Gasteiger partial charge in [-0.25, -0.2) is 0 Å². The van der Waals surface area contributed by atoms with E-state index in [4.69, 9.17) is 5.11 Å². The molecule has 1 aromatic carbocycles. The smallest absolute Gasteiger partial charge is 0.305 e. The lowest BCUT2D eigenvalue weighted by atomic mass is 9.88. The van der Waals surface area contributed by atoms with E-state index >= 15 is 0 Å². The van der Waals surface area contributed by atoms with Gasteiger partial charge in [0.2, 0.25) is 5.91 Å². The standard InChI is InChI=1S/C21H30N2O4/c1-15(2)14-23(12-11-19(24)25)21(27)17-9-6-10-18(13-17)22-20(26)16-7-4-3-5-8-16/h6,9-10,13,15-16H,3-5,7-8,11-12,14H2,1-2H3,(H,22,26)(H,24,25). The summed E-state index contributed by atoms with van der Waals surface area (Å²) in [6.45, 7) is 4.64. The molecular formula is C21H30N2O4. The van der Waals surface area contributed by atoms with Crippen LogP contribution < -0.4 is 5.32 Å². The van der Waals surface area contributed by atoms with Gasteiger partial charge in [-0.1, -0.05) is 39.2 Å². The van der Waals surface area contributed by atoms with Crippen LogP contribution in [0.1, 0.15) is 62.7 Å². The van der Waals surface area contributed by atoms with Crippen molar-refractivity contribution in [2.45, 2.75) is 52.4 Å². The van der Waals surface area contributed by atoms with E-state index in [9.17, 15) is 14.4 Å². The van der Waals surface area contributed by atoms with Gasteiger partial charge in [0.05, 0.1) is 6.42 Å². The molecule has 6 heteroatoms. The molecule has 6 nitrogen and oxygen atoms in total. The molecule has 2 N–H and O–H groups in total. The molecule has 0 atom stereocenters. The Bertz CT molecular complexity index is 666. The Labute approximate surface area is 160 Å². The number of carbonyl (C=O) groups is 3. The van der Waals surface area contributed by atoms with Gasteiger partial charge in [0, 0.05) is 30.3 Å². The Morgan fingerprint density at radius 1 is 1.19 bits per heavy atom. The molecule has 148 valence electrons. The largest absolute Gasteiger partial charge is 0.481 e. The molecule has 0 spiro atoms. The maximum absolute atomic E-state index is 12.9. The second-order valence-corrected chi connectivity index (χ2v) is 7.69. The van der Waals surface area contributed by atoms with Crippen molar-refractivity contribution in [3.05, 3.63) is 29.8 Å². The number of carboxylic acid groups (broad SMARTS) is 1. The van der Waals surface area contributed by atoms with E-state index in [-0.39, 0.29) is 36.6 Å². The second kappa shape index (κ2) is 10.1. The summed E-state index contributed by atoms with van der Waals surface area (Å²) in [6, 6.07) is 6.90. The number of aliphatic carboxylic acids is 1.